The molecule has 19 heavy (non-hydrogen) atoms. The van der Waals surface area contributed by atoms with E-state index in [0.717, 1.165) is 41.1 Å². The summed E-state index contributed by atoms with van der Waals surface area (Å²) in [6, 6.07) is 4.09. The van der Waals surface area contributed by atoms with E-state index in [9.17, 15) is 0 Å². The van der Waals surface area contributed by atoms with Crippen LogP contribution in [0, 0.1) is 0 Å². The molecule has 2 heterocycles. The Bertz CT molecular complexity index is 533. The van der Waals surface area contributed by atoms with Crippen LogP contribution in [0.25, 0.3) is 0 Å². The number of hydrogen-bond donors (Lipinski definition) is 1. The summed E-state index contributed by atoms with van der Waals surface area (Å²) in [5, 5.41) is 7.73. The van der Waals surface area contributed by atoms with Crippen LogP contribution in [-0.4, -0.2) is 16.8 Å². The number of rotatable bonds is 6. The number of furan rings is 1. The molecule has 0 amide bonds. The fraction of sp³-hybridized carbons (Fsp3) is 0.500. The van der Waals surface area contributed by atoms with Crippen LogP contribution >= 0.6 is 15.9 Å². The molecule has 1 unspecified atom stereocenters. The molecule has 0 saturated heterocycles. The Morgan fingerprint density at radius 1 is 1.42 bits per heavy atom. The van der Waals surface area contributed by atoms with Crippen molar-refractivity contribution < 1.29 is 4.42 Å². The molecule has 0 aromatic carbocycles. The average Bonchev–Trinajstić information content (AvgIpc) is 3.01. The first-order valence-electron chi connectivity index (χ1n) is 6.68. The molecule has 0 fully saturated rings. The molecule has 2 aromatic heterocycles. The van der Waals surface area contributed by atoms with Crippen LogP contribution in [-0.2, 0) is 13.0 Å². The summed E-state index contributed by atoms with van der Waals surface area (Å²) in [7, 11) is 1.94. The molecule has 4 nitrogen and oxygen atoms in total. The fourth-order valence-corrected chi connectivity index (χ4v) is 2.73. The van der Waals surface area contributed by atoms with E-state index in [-0.39, 0.29) is 6.04 Å². The zero-order valence-electron chi connectivity index (χ0n) is 11.6. The fourth-order valence-electron chi connectivity index (χ4n) is 2.20. The predicted molar refractivity (Wildman–Crippen MR) is 79.2 cm³/mol. The number of hydrogen-bond acceptors (Lipinski definition) is 3. The molecule has 1 atom stereocenters. The van der Waals surface area contributed by atoms with Crippen molar-refractivity contribution >= 4 is 15.9 Å². The van der Waals surface area contributed by atoms with Gasteiger partial charge in [0.2, 0.25) is 0 Å². The minimum Gasteiger partial charge on any atom is -0.464 e. The smallest absolute Gasteiger partial charge is 0.127 e. The Balaban J connectivity index is 2.38. The third kappa shape index (κ3) is 2.92. The van der Waals surface area contributed by atoms with E-state index < -0.39 is 0 Å². The van der Waals surface area contributed by atoms with Gasteiger partial charge in [0.05, 0.1) is 16.4 Å². The van der Waals surface area contributed by atoms with Crippen molar-refractivity contribution in [3.05, 3.63) is 40.0 Å². The SMILES string of the molecule is CCCn1ncc(Br)c1C(NC)c1ccc(CC)o1. The van der Waals surface area contributed by atoms with E-state index >= 15 is 0 Å². The Hall–Kier alpha value is -1.07. The number of nitrogens with zero attached hydrogens (tertiary/aromatic N) is 2. The highest BCUT2D eigenvalue weighted by Crippen LogP contribution is 2.29. The van der Waals surface area contributed by atoms with Gasteiger partial charge >= 0.3 is 0 Å². The molecule has 0 spiro atoms. The van der Waals surface area contributed by atoms with Gasteiger partial charge in [-0.15, -0.1) is 0 Å². The van der Waals surface area contributed by atoms with Crippen LogP contribution in [0.5, 0.6) is 0 Å². The third-order valence-corrected chi connectivity index (χ3v) is 3.76. The minimum absolute atomic E-state index is 0.0173. The Kier molecular flexibility index (Phi) is 4.82. The third-order valence-electron chi connectivity index (χ3n) is 3.15. The zero-order chi connectivity index (χ0) is 13.8. The van der Waals surface area contributed by atoms with Crippen LogP contribution in [0.1, 0.15) is 43.5 Å². The molecule has 2 rings (SSSR count). The van der Waals surface area contributed by atoms with Crippen molar-refractivity contribution in [2.75, 3.05) is 7.05 Å². The number of aryl methyl sites for hydroxylation is 2. The van der Waals surface area contributed by atoms with E-state index in [2.05, 4.69) is 40.2 Å². The van der Waals surface area contributed by atoms with Gasteiger partial charge in [-0.25, -0.2) is 0 Å². The maximum Gasteiger partial charge on any atom is 0.127 e. The van der Waals surface area contributed by atoms with E-state index in [0.29, 0.717) is 0 Å². The van der Waals surface area contributed by atoms with Crippen LogP contribution in [0.3, 0.4) is 0 Å². The van der Waals surface area contributed by atoms with Crippen molar-refractivity contribution in [3.8, 4) is 0 Å². The first-order chi connectivity index (χ1) is 9.21. The molecule has 0 bridgehead atoms. The molecule has 1 N–H and O–H groups in total. The molecule has 0 aliphatic carbocycles. The lowest BCUT2D eigenvalue weighted by molar-refractivity contribution is 0.417. The van der Waals surface area contributed by atoms with Crippen molar-refractivity contribution in [3.63, 3.8) is 0 Å². The summed E-state index contributed by atoms with van der Waals surface area (Å²) >= 11 is 3.58. The molecule has 2 aromatic rings. The van der Waals surface area contributed by atoms with Gasteiger partial charge in [0.1, 0.15) is 17.6 Å². The minimum atomic E-state index is 0.0173. The van der Waals surface area contributed by atoms with Gasteiger partial charge in [-0.2, -0.15) is 5.10 Å². The predicted octanol–water partition coefficient (Wildman–Crippen LogP) is 3.52. The van der Waals surface area contributed by atoms with E-state index in [1.54, 1.807) is 0 Å². The first-order valence-corrected chi connectivity index (χ1v) is 7.47. The van der Waals surface area contributed by atoms with Gasteiger partial charge in [0, 0.05) is 13.0 Å². The molecular weight excluding hydrogens is 306 g/mol. The molecule has 104 valence electrons. The lowest BCUT2D eigenvalue weighted by Gasteiger charge is -2.16. The van der Waals surface area contributed by atoms with Crippen molar-refractivity contribution in [1.82, 2.24) is 15.1 Å². The van der Waals surface area contributed by atoms with Gasteiger partial charge in [-0.1, -0.05) is 13.8 Å². The summed E-state index contributed by atoms with van der Waals surface area (Å²) in [6.45, 7) is 5.14. The van der Waals surface area contributed by atoms with Gasteiger partial charge in [0.25, 0.3) is 0 Å². The highest BCUT2D eigenvalue weighted by Gasteiger charge is 2.23. The summed E-state index contributed by atoms with van der Waals surface area (Å²) in [6.07, 6.45) is 3.81. The van der Waals surface area contributed by atoms with Gasteiger partial charge in [-0.05, 0) is 41.5 Å². The molecule has 0 aliphatic rings. The van der Waals surface area contributed by atoms with E-state index in [1.807, 2.05) is 30.1 Å². The number of nitrogens with one attached hydrogen (secondary N) is 1. The second-order valence-corrected chi connectivity index (χ2v) is 5.33. The van der Waals surface area contributed by atoms with Gasteiger partial charge in [0.15, 0.2) is 0 Å². The van der Waals surface area contributed by atoms with Gasteiger partial charge < -0.3 is 9.73 Å². The molecule has 0 aliphatic heterocycles. The second kappa shape index (κ2) is 6.39. The Morgan fingerprint density at radius 2 is 2.21 bits per heavy atom. The Labute approximate surface area is 122 Å². The summed E-state index contributed by atoms with van der Waals surface area (Å²) < 4.78 is 8.91. The quantitative estimate of drug-likeness (QED) is 0.883. The largest absolute Gasteiger partial charge is 0.464 e. The average molecular weight is 326 g/mol. The van der Waals surface area contributed by atoms with E-state index in [1.165, 1.54) is 0 Å². The zero-order valence-corrected chi connectivity index (χ0v) is 13.2. The van der Waals surface area contributed by atoms with Crippen LogP contribution in [0.2, 0.25) is 0 Å². The summed E-state index contributed by atoms with van der Waals surface area (Å²) in [5.74, 6) is 1.94. The monoisotopic (exact) mass is 325 g/mol. The van der Waals surface area contributed by atoms with Crippen LogP contribution in [0.4, 0.5) is 0 Å². The maximum absolute atomic E-state index is 5.87. The number of halogens is 1. The highest BCUT2D eigenvalue weighted by atomic mass is 79.9. The van der Waals surface area contributed by atoms with Gasteiger partial charge in [-0.3, -0.25) is 4.68 Å². The lowest BCUT2D eigenvalue weighted by Crippen LogP contribution is -2.21. The molecule has 0 saturated carbocycles. The standard InChI is InChI=1S/C14H20BrN3O/c1-4-8-18-14(11(15)9-17-18)13(16-3)12-7-6-10(5-2)19-12/h6-7,9,13,16H,4-5,8H2,1-3H3. The first kappa shape index (κ1) is 14.3. The van der Waals surface area contributed by atoms with Crippen LogP contribution in [0.15, 0.2) is 27.2 Å². The van der Waals surface area contributed by atoms with Crippen molar-refractivity contribution in [2.45, 2.75) is 39.3 Å². The maximum atomic E-state index is 5.87. The van der Waals surface area contributed by atoms with Crippen molar-refractivity contribution in [1.29, 1.82) is 0 Å². The Morgan fingerprint density at radius 3 is 2.79 bits per heavy atom. The summed E-state index contributed by atoms with van der Waals surface area (Å²) in [5.41, 5.74) is 1.11. The van der Waals surface area contributed by atoms with E-state index in [4.69, 9.17) is 4.42 Å². The highest BCUT2D eigenvalue weighted by molar-refractivity contribution is 9.10. The topological polar surface area (TPSA) is 43.0 Å². The lowest BCUT2D eigenvalue weighted by atomic mass is 10.1. The molecule has 5 heteroatoms. The second-order valence-electron chi connectivity index (χ2n) is 4.48. The van der Waals surface area contributed by atoms with Crippen LogP contribution < -0.4 is 5.32 Å². The molecular formula is C14H20BrN3O. The number of aromatic nitrogens is 2. The summed E-state index contributed by atoms with van der Waals surface area (Å²) in [4.78, 5) is 0. The molecule has 0 radical (unpaired) electrons. The normalized spacial score (nSPS) is 12.8. The van der Waals surface area contributed by atoms with Crippen molar-refractivity contribution in [2.24, 2.45) is 0 Å².